The fourth-order valence-electron chi connectivity index (χ4n) is 2.88. The monoisotopic (exact) mass is 418 g/mol. The Kier molecular flexibility index (Phi) is 6.10. The van der Waals surface area contributed by atoms with Gasteiger partial charge < -0.3 is 10.6 Å². The molecule has 1 atom stereocenters. The highest BCUT2D eigenvalue weighted by Crippen LogP contribution is 2.33. The summed E-state index contributed by atoms with van der Waals surface area (Å²) in [6.45, 7) is 3.50. The lowest BCUT2D eigenvalue weighted by Gasteiger charge is -2.14. The normalized spacial score (nSPS) is 15.1. The predicted octanol–water partition coefficient (Wildman–Crippen LogP) is 3.48. The van der Waals surface area contributed by atoms with Gasteiger partial charge in [-0.15, -0.1) is 11.8 Å². The first-order valence-corrected chi connectivity index (χ1v) is 11.6. The third-order valence-electron chi connectivity index (χ3n) is 4.37. The van der Waals surface area contributed by atoms with E-state index in [4.69, 9.17) is 0 Å². The average molecular weight is 419 g/mol. The van der Waals surface area contributed by atoms with Gasteiger partial charge in [0, 0.05) is 28.7 Å². The van der Waals surface area contributed by atoms with Crippen LogP contribution in [0.15, 0.2) is 52.3 Å². The summed E-state index contributed by atoms with van der Waals surface area (Å²) in [7, 11) is -3.69. The molecule has 1 aliphatic rings. The van der Waals surface area contributed by atoms with Gasteiger partial charge in [-0.1, -0.05) is 19.1 Å². The lowest BCUT2D eigenvalue weighted by molar-refractivity contribution is -0.119. The lowest BCUT2D eigenvalue weighted by Crippen LogP contribution is -2.27. The maximum atomic E-state index is 12.8. The highest BCUT2D eigenvalue weighted by Gasteiger charge is 2.25. The summed E-state index contributed by atoms with van der Waals surface area (Å²) in [5.74, 6) is -0.876. The van der Waals surface area contributed by atoms with Crippen LogP contribution >= 0.6 is 11.8 Å². The number of sulfone groups is 1. The number of amides is 2. The highest BCUT2D eigenvalue weighted by molar-refractivity contribution is 7.99. The van der Waals surface area contributed by atoms with Gasteiger partial charge in [0.15, 0.2) is 9.84 Å². The fourth-order valence-corrected chi connectivity index (χ4v) is 5.39. The molecule has 2 aromatic carbocycles. The van der Waals surface area contributed by atoms with Crippen LogP contribution in [0, 0.1) is 12.8 Å². The molecule has 0 radical (unpaired) electrons. The summed E-state index contributed by atoms with van der Waals surface area (Å²) in [4.78, 5) is 25.1. The number of carbonyl (C=O) groups is 2. The average Bonchev–Trinajstić information content (AvgIpc) is 2.81. The Morgan fingerprint density at radius 3 is 2.79 bits per heavy atom. The molecule has 6 nitrogen and oxygen atoms in total. The number of hydrogen-bond donors (Lipinski definition) is 2. The molecule has 1 aliphatic heterocycles. The number of anilines is 2. The second-order valence-corrected chi connectivity index (χ2v) is 10.0. The molecule has 28 heavy (non-hydrogen) atoms. The lowest BCUT2D eigenvalue weighted by atomic mass is 10.2. The minimum atomic E-state index is -3.69. The molecule has 0 unspecified atom stereocenters. The molecule has 3 rings (SSSR count). The van der Waals surface area contributed by atoms with E-state index in [2.05, 4.69) is 10.6 Å². The van der Waals surface area contributed by atoms with Gasteiger partial charge in [0.2, 0.25) is 11.8 Å². The van der Waals surface area contributed by atoms with Gasteiger partial charge >= 0.3 is 0 Å². The Morgan fingerprint density at radius 1 is 1.25 bits per heavy atom. The number of benzene rings is 2. The number of rotatable bonds is 5. The van der Waals surface area contributed by atoms with Crippen LogP contribution in [0.2, 0.25) is 0 Å². The SMILES string of the molecule is Cc1cccc(NC(=O)[C@@H](C)CS(=O)(=O)c2ccc3c(c2)NC(=O)CCS3)c1. The van der Waals surface area contributed by atoms with Crippen molar-refractivity contribution in [1.29, 1.82) is 0 Å². The number of fused-ring (bicyclic) bond motifs is 1. The van der Waals surface area contributed by atoms with Crippen molar-refractivity contribution >= 4 is 44.8 Å². The first kappa shape index (κ1) is 20.4. The third kappa shape index (κ3) is 4.94. The van der Waals surface area contributed by atoms with E-state index in [1.807, 2.05) is 25.1 Å². The van der Waals surface area contributed by atoms with Gasteiger partial charge in [-0.05, 0) is 42.8 Å². The van der Waals surface area contributed by atoms with Crippen molar-refractivity contribution < 1.29 is 18.0 Å². The van der Waals surface area contributed by atoms with Gasteiger partial charge in [-0.3, -0.25) is 9.59 Å². The van der Waals surface area contributed by atoms with Crippen LogP contribution in [0.1, 0.15) is 18.9 Å². The number of carbonyl (C=O) groups excluding carboxylic acids is 2. The van der Waals surface area contributed by atoms with Gasteiger partial charge in [-0.25, -0.2) is 8.42 Å². The second-order valence-electron chi connectivity index (χ2n) is 6.85. The van der Waals surface area contributed by atoms with E-state index >= 15 is 0 Å². The van der Waals surface area contributed by atoms with E-state index in [1.54, 1.807) is 19.1 Å². The molecule has 8 heteroatoms. The predicted molar refractivity (Wildman–Crippen MR) is 111 cm³/mol. The number of nitrogens with one attached hydrogen (secondary N) is 2. The van der Waals surface area contributed by atoms with Crippen LogP contribution in [0.5, 0.6) is 0 Å². The summed E-state index contributed by atoms with van der Waals surface area (Å²) in [5.41, 5.74) is 2.15. The number of hydrogen-bond acceptors (Lipinski definition) is 5. The minimum absolute atomic E-state index is 0.101. The highest BCUT2D eigenvalue weighted by atomic mass is 32.2. The molecule has 148 valence electrons. The first-order chi connectivity index (χ1) is 13.2. The Balaban J connectivity index is 1.74. The molecule has 0 saturated heterocycles. The molecule has 0 spiro atoms. The van der Waals surface area contributed by atoms with Crippen LogP contribution < -0.4 is 10.6 Å². The molecule has 0 fully saturated rings. The molecule has 0 bridgehead atoms. The third-order valence-corrected chi connectivity index (χ3v) is 7.36. The summed E-state index contributed by atoms with van der Waals surface area (Å²) >= 11 is 1.51. The summed E-state index contributed by atoms with van der Waals surface area (Å²) in [6, 6.07) is 12.0. The van der Waals surface area contributed by atoms with Gasteiger partial charge in [0.1, 0.15) is 0 Å². The largest absolute Gasteiger partial charge is 0.326 e. The molecular weight excluding hydrogens is 396 g/mol. The minimum Gasteiger partial charge on any atom is -0.326 e. The van der Waals surface area contributed by atoms with E-state index < -0.39 is 15.8 Å². The summed E-state index contributed by atoms with van der Waals surface area (Å²) in [6.07, 6.45) is 0.387. The van der Waals surface area contributed by atoms with Crippen LogP contribution in [0.3, 0.4) is 0 Å². The number of aryl methyl sites for hydroxylation is 1. The zero-order valence-electron chi connectivity index (χ0n) is 15.7. The summed E-state index contributed by atoms with van der Waals surface area (Å²) in [5, 5.41) is 5.50. The standard InChI is InChI=1S/C20H22N2O4S2/c1-13-4-3-5-15(10-13)21-20(24)14(2)12-28(25,26)16-6-7-18-17(11-16)22-19(23)8-9-27-18/h3-7,10-11,14H,8-9,12H2,1-2H3,(H,21,24)(H,22,23)/t14-/m0/s1. The Hall–Kier alpha value is -2.32. The Bertz CT molecular complexity index is 1020. The molecule has 2 aromatic rings. The van der Waals surface area contributed by atoms with Crippen LogP contribution in [0.4, 0.5) is 11.4 Å². The Labute approximate surface area is 169 Å². The smallest absolute Gasteiger partial charge is 0.228 e. The van der Waals surface area contributed by atoms with Crippen molar-refractivity contribution in [1.82, 2.24) is 0 Å². The van der Waals surface area contributed by atoms with E-state index in [-0.39, 0.29) is 22.5 Å². The quantitative estimate of drug-likeness (QED) is 0.776. The van der Waals surface area contributed by atoms with Crippen molar-refractivity contribution in [3.63, 3.8) is 0 Å². The molecular formula is C20H22N2O4S2. The molecule has 0 aromatic heterocycles. The maximum Gasteiger partial charge on any atom is 0.228 e. The Morgan fingerprint density at radius 2 is 2.04 bits per heavy atom. The fraction of sp³-hybridized carbons (Fsp3) is 0.300. The van der Waals surface area contributed by atoms with E-state index in [0.717, 1.165) is 10.5 Å². The van der Waals surface area contributed by atoms with Crippen LogP contribution in [-0.2, 0) is 19.4 Å². The van der Waals surface area contributed by atoms with Gasteiger partial charge in [-0.2, -0.15) is 0 Å². The van der Waals surface area contributed by atoms with Crippen molar-refractivity contribution in [2.75, 3.05) is 22.1 Å². The molecule has 0 aliphatic carbocycles. The zero-order valence-corrected chi connectivity index (χ0v) is 17.3. The first-order valence-electron chi connectivity index (χ1n) is 8.91. The topological polar surface area (TPSA) is 92.3 Å². The zero-order chi connectivity index (χ0) is 20.3. The maximum absolute atomic E-state index is 12.8. The van der Waals surface area contributed by atoms with Crippen molar-refractivity contribution in [2.24, 2.45) is 5.92 Å². The van der Waals surface area contributed by atoms with Crippen LogP contribution in [-0.4, -0.2) is 31.7 Å². The van der Waals surface area contributed by atoms with E-state index in [1.165, 1.54) is 23.9 Å². The molecule has 2 N–H and O–H groups in total. The molecule has 1 heterocycles. The van der Waals surface area contributed by atoms with E-state index in [0.29, 0.717) is 23.5 Å². The van der Waals surface area contributed by atoms with Gasteiger partial charge in [0.05, 0.1) is 16.3 Å². The van der Waals surface area contributed by atoms with Crippen molar-refractivity contribution in [3.05, 3.63) is 48.0 Å². The van der Waals surface area contributed by atoms with E-state index in [9.17, 15) is 18.0 Å². The second kappa shape index (κ2) is 8.36. The van der Waals surface area contributed by atoms with Crippen LogP contribution in [0.25, 0.3) is 0 Å². The van der Waals surface area contributed by atoms with Crippen molar-refractivity contribution in [2.45, 2.75) is 30.1 Å². The molecule has 2 amide bonds. The number of thioether (sulfide) groups is 1. The van der Waals surface area contributed by atoms with Gasteiger partial charge in [0.25, 0.3) is 0 Å². The molecule has 0 saturated carbocycles. The van der Waals surface area contributed by atoms with Crippen molar-refractivity contribution in [3.8, 4) is 0 Å². The summed E-state index contributed by atoms with van der Waals surface area (Å²) < 4.78 is 25.6.